The first-order valence-corrected chi connectivity index (χ1v) is 14.2. The van der Waals surface area contributed by atoms with E-state index < -0.39 is 16.6 Å². The molecule has 0 aliphatic rings. The largest absolute Gasteiger partial charge is 0.417 e. The van der Waals surface area contributed by atoms with Crippen molar-refractivity contribution in [2.75, 3.05) is 6.61 Å². The average Bonchev–Trinajstić information content (AvgIpc) is 2.25. The van der Waals surface area contributed by atoms with Crippen molar-refractivity contribution in [2.45, 2.75) is 96.8 Å². The Morgan fingerprint density at radius 3 is 1.73 bits per heavy atom. The number of aldehydes is 1. The van der Waals surface area contributed by atoms with Gasteiger partial charge in [-0.1, -0.05) is 41.5 Å². The van der Waals surface area contributed by atoms with Crippen LogP contribution >= 0.6 is 0 Å². The van der Waals surface area contributed by atoms with Crippen LogP contribution in [0.15, 0.2) is 0 Å². The molecule has 0 fully saturated rings. The van der Waals surface area contributed by atoms with Crippen molar-refractivity contribution < 1.29 is 13.6 Å². The SMILES string of the molecule is CC(C)(C)[Si](C)(C)OCC[C@@H](CC=O)O[Si](C)(C)C(C)(C)C. The third-order valence-corrected chi connectivity index (χ3v) is 14.4. The Bertz CT molecular complexity index is 352. The fourth-order valence-corrected chi connectivity index (χ4v) is 4.05. The van der Waals surface area contributed by atoms with Crippen molar-refractivity contribution in [3.8, 4) is 0 Å². The van der Waals surface area contributed by atoms with Crippen LogP contribution in [0.3, 0.4) is 0 Å². The minimum Gasteiger partial charge on any atom is -0.417 e. The molecule has 1 atom stereocenters. The van der Waals surface area contributed by atoms with E-state index in [9.17, 15) is 4.79 Å². The number of carbonyl (C=O) groups excluding carboxylic acids is 1. The Labute approximate surface area is 140 Å². The molecule has 0 aromatic heterocycles. The van der Waals surface area contributed by atoms with Gasteiger partial charge in [0.15, 0.2) is 16.6 Å². The lowest BCUT2D eigenvalue weighted by molar-refractivity contribution is -0.109. The van der Waals surface area contributed by atoms with Crippen LogP contribution in [-0.2, 0) is 13.6 Å². The first-order chi connectivity index (χ1) is 9.64. The minimum atomic E-state index is -1.84. The van der Waals surface area contributed by atoms with E-state index in [1.807, 2.05) is 0 Å². The molecule has 0 aromatic carbocycles. The molecule has 132 valence electrons. The molecule has 0 aliphatic heterocycles. The van der Waals surface area contributed by atoms with Crippen LogP contribution < -0.4 is 0 Å². The predicted molar refractivity (Wildman–Crippen MR) is 101 cm³/mol. The lowest BCUT2D eigenvalue weighted by atomic mass is 10.2. The number of carbonyl (C=O) groups is 1. The molecule has 0 radical (unpaired) electrons. The van der Waals surface area contributed by atoms with Crippen molar-refractivity contribution in [2.24, 2.45) is 0 Å². The quantitative estimate of drug-likeness (QED) is 0.437. The first kappa shape index (κ1) is 22.0. The van der Waals surface area contributed by atoms with Crippen molar-refractivity contribution in [3.63, 3.8) is 0 Å². The highest BCUT2D eigenvalue weighted by atomic mass is 28.4. The molecule has 0 aromatic rings. The van der Waals surface area contributed by atoms with Gasteiger partial charge in [-0.25, -0.2) is 0 Å². The molecule has 0 saturated heterocycles. The second-order valence-corrected chi connectivity index (χ2v) is 18.9. The van der Waals surface area contributed by atoms with Crippen LogP contribution in [-0.4, -0.2) is 35.6 Å². The van der Waals surface area contributed by atoms with Gasteiger partial charge in [0.05, 0.1) is 6.10 Å². The predicted octanol–water partition coefficient (Wildman–Crippen LogP) is 5.38. The Hall–Kier alpha value is 0.0238. The summed E-state index contributed by atoms with van der Waals surface area (Å²) in [6.07, 6.45) is 2.23. The van der Waals surface area contributed by atoms with Gasteiger partial charge >= 0.3 is 0 Å². The first-order valence-electron chi connectivity index (χ1n) is 8.39. The Balaban J connectivity index is 4.66. The van der Waals surface area contributed by atoms with Gasteiger partial charge < -0.3 is 13.6 Å². The number of hydrogen-bond donors (Lipinski definition) is 0. The van der Waals surface area contributed by atoms with Gasteiger partial charge in [-0.2, -0.15) is 0 Å². The van der Waals surface area contributed by atoms with Gasteiger partial charge in [-0.15, -0.1) is 0 Å². The highest BCUT2D eigenvalue weighted by Crippen LogP contribution is 2.39. The summed E-state index contributed by atoms with van der Waals surface area (Å²) in [4.78, 5) is 11.0. The Morgan fingerprint density at radius 2 is 1.36 bits per heavy atom. The van der Waals surface area contributed by atoms with E-state index in [-0.39, 0.29) is 16.2 Å². The maximum absolute atomic E-state index is 11.0. The highest BCUT2D eigenvalue weighted by Gasteiger charge is 2.40. The molecule has 0 N–H and O–H groups in total. The fourth-order valence-electron chi connectivity index (χ4n) is 1.59. The van der Waals surface area contributed by atoms with E-state index in [1.54, 1.807) is 0 Å². The third kappa shape index (κ3) is 6.64. The molecular formula is C17H38O3Si2. The normalized spacial score (nSPS) is 15.7. The van der Waals surface area contributed by atoms with Gasteiger partial charge in [-0.3, -0.25) is 0 Å². The standard InChI is InChI=1S/C17H38O3Si2/c1-16(2,3)21(7,8)19-14-12-15(11-13-18)20-22(9,10)17(4,5)6/h13,15H,11-12,14H2,1-10H3/t15-/m1/s1. The second kappa shape index (κ2) is 7.73. The zero-order valence-corrected chi connectivity index (χ0v) is 18.5. The Kier molecular flexibility index (Phi) is 7.74. The van der Waals surface area contributed by atoms with Crippen LogP contribution in [0.1, 0.15) is 54.4 Å². The van der Waals surface area contributed by atoms with Crippen molar-refractivity contribution in [1.82, 2.24) is 0 Å². The maximum atomic E-state index is 11.0. The molecule has 22 heavy (non-hydrogen) atoms. The topological polar surface area (TPSA) is 35.5 Å². The lowest BCUT2D eigenvalue weighted by Gasteiger charge is -2.40. The summed E-state index contributed by atoms with van der Waals surface area (Å²) in [5.74, 6) is 0. The number of rotatable bonds is 8. The van der Waals surface area contributed by atoms with E-state index in [0.29, 0.717) is 13.0 Å². The van der Waals surface area contributed by atoms with E-state index >= 15 is 0 Å². The summed E-state index contributed by atoms with van der Waals surface area (Å²) in [5.41, 5.74) is 0. The Morgan fingerprint density at radius 1 is 0.909 bits per heavy atom. The molecule has 0 heterocycles. The lowest BCUT2D eigenvalue weighted by Crippen LogP contribution is -2.45. The van der Waals surface area contributed by atoms with Crippen LogP contribution in [0, 0.1) is 0 Å². The van der Waals surface area contributed by atoms with Crippen molar-refractivity contribution in [3.05, 3.63) is 0 Å². The summed E-state index contributed by atoms with van der Waals surface area (Å²) in [6.45, 7) is 23.1. The summed E-state index contributed by atoms with van der Waals surface area (Å²) in [5, 5.41) is 0.377. The highest BCUT2D eigenvalue weighted by molar-refractivity contribution is 6.74. The fraction of sp³-hybridized carbons (Fsp3) is 0.941. The summed E-state index contributed by atoms with van der Waals surface area (Å²) >= 11 is 0. The second-order valence-electron chi connectivity index (χ2n) is 9.30. The van der Waals surface area contributed by atoms with Gasteiger partial charge in [0, 0.05) is 13.0 Å². The van der Waals surface area contributed by atoms with Crippen LogP contribution in [0.25, 0.3) is 0 Å². The van der Waals surface area contributed by atoms with Gasteiger partial charge in [0.2, 0.25) is 0 Å². The van der Waals surface area contributed by atoms with Crippen molar-refractivity contribution in [1.29, 1.82) is 0 Å². The third-order valence-electron chi connectivity index (χ3n) is 5.34. The summed E-state index contributed by atoms with van der Waals surface area (Å²) in [7, 11) is -3.56. The van der Waals surface area contributed by atoms with Gasteiger partial charge in [0.25, 0.3) is 0 Å². The minimum absolute atomic E-state index is 0.0110. The molecule has 0 aliphatic carbocycles. The average molecular weight is 347 g/mol. The molecule has 0 spiro atoms. The molecule has 0 saturated carbocycles. The van der Waals surface area contributed by atoms with Crippen LogP contribution in [0.4, 0.5) is 0 Å². The molecule has 0 rings (SSSR count). The number of hydrogen-bond acceptors (Lipinski definition) is 3. The van der Waals surface area contributed by atoms with Crippen LogP contribution in [0.2, 0.25) is 36.3 Å². The molecule has 5 heteroatoms. The molecule has 0 bridgehead atoms. The summed E-state index contributed by atoms with van der Waals surface area (Å²) in [6, 6.07) is 0. The van der Waals surface area contributed by atoms with E-state index in [1.165, 1.54) is 0 Å². The molecule has 3 nitrogen and oxygen atoms in total. The zero-order chi connectivity index (χ0) is 17.8. The van der Waals surface area contributed by atoms with Gasteiger partial charge in [-0.05, 0) is 42.7 Å². The maximum Gasteiger partial charge on any atom is 0.192 e. The van der Waals surface area contributed by atoms with E-state index in [0.717, 1.165) is 12.7 Å². The smallest absolute Gasteiger partial charge is 0.192 e. The van der Waals surface area contributed by atoms with Crippen LogP contribution in [0.5, 0.6) is 0 Å². The van der Waals surface area contributed by atoms with E-state index in [2.05, 4.69) is 67.7 Å². The van der Waals surface area contributed by atoms with Crippen molar-refractivity contribution >= 4 is 22.9 Å². The van der Waals surface area contributed by atoms with E-state index in [4.69, 9.17) is 8.85 Å². The molecular weight excluding hydrogens is 308 g/mol. The zero-order valence-electron chi connectivity index (χ0n) is 16.5. The summed E-state index contributed by atoms with van der Waals surface area (Å²) < 4.78 is 12.6. The molecule has 0 amide bonds. The molecule has 0 unspecified atom stereocenters. The monoisotopic (exact) mass is 346 g/mol. The van der Waals surface area contributed by atoms with Gasteiger partial charge in [0.1, 0.15) is 6.29 Å².